The number of fused-ring (bicyclic) bond motifs is 1. The zero-order valence-electron chi connectivity index (χ0n) is 8.11. The van der Waals surface area contributed by atoms with E-state index in [9.17, 15) is 5.11 Å². The maximum absolute atomic E-state index is 9.60. The number of rotatable bonds is 1. The number of hydrogen-bond donors (Lipinski definition) is 1. The molecule has 0 amide bonds. The maximum atomic E-state index is 9.60. The highest BCUT2D eigenvalue weighted by Crippen LogP contribution is 2.30. The summed E-state index contributed by atoms with van der Waals surface area (Å²) in [6.45, 7) is 1.87. The van der Waals surface area contributed by atoms with Crippen molar-refractivity contribution in [1.29, 1.82) is 0 Å². The molecule has 3 heteroatoms. The van der Waals surface area contributed by atoms with Gasteiger partial charge in [0.25, 0.3) is 0 Å². The smallest absolute Gasteiger partial charge is 0.141 e. The number of para-hydroxylation sites is 1. The summed E-state index contributed by atoms with van der Waals surface area (Å²) in [5.41, 5.74) is 1.42. The first-order chi connectivity index (χ1) is 6.72. The largest absolute Gasteiger partial charge is 0.506 e. The minimum atomic E-state index is 0.185. The van der Waals surface area contributed by atoms with Gasteiger partial charge in [0.15, 0.2) is 0 Å². The molecule has 0 saturated carbocycles. The van der Waals surface area contributed by atoms with E-state index in [4.69, 9.17) is 4.74 Å². The molecule has 0 saturated heterocycles. The molecule has 0 aliphatic carbocycles. The van der Waals surface area contributed by atoms with Crippen LogP contribution in [0.15, 0.2) is 24.3 Å². The van der Waals surface area contributed by atoms with Crippen LogP contribution in [0.5, 0.6) is 11.5 Å². The highest BCUT2D eigenvalue weighted by molar-refractivity contribution is 5.89. The third-order valence-electron chi connectivity index (χ3n) is 2.13. The molecule has 1 aromatic carbocycles. The first-order valence-electron chi connectivity index (χ1n) is 4.35. The molecule has 0 aliphatic heterocycles. The van der Waals surface area contributed by atoms with E-state index >= 15 is 0 Å². The van der Waals surface area contributed by atoms with Crippen LogP contribution in [-0.4, -0.2) is 17.2 Å². The summed E-state index contributed by atoms with van der Waals surface area (Å²) in [5, 5.41) is 10.4. The van der Waals surface area contributed by atoms with Crippen LogP contribution in [0, 0.1) is 6.92 Å². The fourth-order valence-corrected chi connectivity index (χ4v) is 1.49. The number of aromatic nitrogens is 1. The van der Waals surface area contributed by atoms with Gasteiger partial charge in [0.05, 0.1) is 7.11 Å². The summed E-state index contributed by atoms with van der Waals surface area (Å²) in [4.78, 5) is 4.25. The lowest BCUT2D eigenvalue weighted by Gasteiger charge is -2.06. The Kier molecular flexibility index (Phi) is 2.00. The molecule has 72 valence electrons. The third-order valence-corrected chi connectivity index (χ3v) is 2.13. The van der Waals surface area contributed by atoms with E-state index in [0.29, 0.717) is 5.52 Å². The minimum absolute atomic E-state index is 0.185. The predicted molar refractivity (Wildman–Crippen MR) is 54.7 cm³/mol. The molecule has 0 bridgehead atoms. The lowest BCUT2D eigenvalue weighted by molar-refractivity contribution is 0.418. The Morgan fingerprint density at radius 2 is 2.14 bits per heavy atom. The van der Waals surface area contributed by atoms with Crippen molar-refractivity contribution in [3.63, 3.8) is 0 Å². The highest BCUT2D eigenvalue weighted by atomic mass is 16.5. The number of methoxy groups -OCH3 is 1. The van der Waals surface area contributed by atoms with E-state index in [1.807, 2.05) is 19.1 Å². The van der Waals surface area contributed by atoms with Crippen molar-refractivity contribution in [2.75, 3.05) is 7.11 Å². The molecule has 3 nitrogen and oxygen atoms in total. The molecule has 0 spiro atoms. The number of phenols is 1. The summed E-state index contributed by atoms with van der Waals surface area (Å²) in [5.74, 6) is 0.924. The fraction of sp³-hybridized carbons (Fsp3) is 0.182. The summed E-state index contributed by atoms with van der Waals surface area (Å²) in [6.07, 6.45) is 0. The Labute approximate surface area is 82.0 Å². The average Bonchev–Trinajstić information content (AvgIpc) is 2.18. The molecule has 0 atom stereocenters. The van der Waals surface area contributed by atoms with E-state index in [2.05, 4.69) is 4.98 Å². The number of nitrogens with zero attached hydrogens (tertiary/aromatic N) is 1. The van der Waals surface area contributed by atoms with Gasteiger partial charge in [-0.15, -0.1) is 0 Å². The second-order valence-corrected chi connectivity index (χ2v) is 3.14. The number of ether oxygens (including phenoxy) is 1. The topological polar surface area (TPSA) is 42.4 Å². The van der Waals surface area contributed by atoms with Gasteiger partial charge in [0.1, 0.15) is 17.0 Å². The van der Waals surface area contributed by atoms with Gasteiger partial charge in [-0.05, 0) is 19.1 Å². The molecular formula is C11H11NO2. The van der Waals surface area contributed by atoms with Crippen molar-refractivity contribution in [2.24, 2.45) is 0 Å². The van der Waals surface area contributed by atoms with Gasteiger partial charge < -0.3 is 9.84 Å². The number of aryl methyl sites for hydroxylation is 1. The predicted octanol–water partition coefficient (Wildman–Crippen LogP) is 2.26. The zero-order chi connectivity index (χ0) is 10.1. The first kappa shape index (κ1) is 8.81. The number of aromatic hydroxyl groups is 1. The molecule has 0 unspecified atom stereocenters. The van der Waals surface area contributed by atoms with Crippen molar-refractivity contribution in [3.05, 3.63) is 30.0 Å². The number of phenolic OH excluding ortho intramolecular Hbond substituents is 1. The Bertz CT molecular complexity index is 480. The van der Waals surface area contributed by atoms with Crippen molar-refractivity contribution in [3.8, 4) is 11.5 Å². The van der Waals surface area contributed by atoms with Crippen LogP contribution in [0.4, 0.5) is 0 Å². The van der Waals surface area contributed by atoms with Crippen LogP contribution in [-0.2, 0) is 0 Å². The molecule has 2 aromatic rings. The van der Waals surface area contributed by atoms with Crippen molar-refractivity contribution < 1.29 is 9.84 Å². The van der Waals surface area contributed by atoms with Crippen LogP contribution in [0.1, 0.15) is 5.69 Å². The van der Waals surface area contributed by atoms with Gasteiger partial charge in [0, 0.05) is 17.1 Å². The molecule has 1 aromatic heterocycles. The molecule has 2 rings (SSSR count). The summed E-state index contributed by atoms with van der Waals surface area (Å²) < 4.78 is 5.21. The second-order valence-electron chi connectivity index (χ2n) is 3.14. The van der Waals surface area contributed by atoms with E-state index in [0.717, 1.165) is 16.8 Å². The van der Waals surface area contributed by atoms with Crippen LogP contribution in [0.2, 0.25) is 0 Å². The maximum Gasteiger partial charge on any atom is 0.141 e. The van der Waals surface area contributed by atoms with Gasteiger partial charge in [-0.3, -0.25) is 0 Å². The SMILES string of the molecule is COc1cc(C)nc2c(O)cccc12. The summed E-state index contributed by atoms with van der Waals surface area (Å²) in [7, 11) is 1.61. The summed E-state index contributed by atoms with van der Waals surface area (Å²) >= 11 is 0. The Morgan fingerprint density at radius 3 is 2.86 bits per heavy atom. The molecule has 14 heavy (non-hydrogen) atoms. The Hall–Kier alpha value is -1.77. The molecule has 1 N–H and O–H groups in total. The minimum Gasteiger partial charge on any atom is -0.506 e. The Morgan fingerprint density at radius 1 is 1.36 bits per heavy atom. The third kappa shape index (κ3) is 1.27. The molecule has 0 fully saturated rings. The standard InChI is InChI=1S/C11H11NO2/c1-7-6-10(14-2)8-4-3-5-9(13)11(8)12-7/h3-6,13H,1-2H3. The lowest BCUT2D eigenvalue weighted by Crippen LogP contribution is -1.90. The van der Waals surface area contributed by atoms with Crippen molar-refractivity contribution in [1.82, 2.24) is 4.98 Å². The van der Waals surface area contributed by atoms with E-state index < -0.39 is 0 Å². The molecule has 0 radical (unpaired) electrons. The lowest BCUT2D eigenvalue weighted by atomic mass is 10.1. The van der Waals surface area contributed by atoms with Crippen LogP contribution in [0.25, 0.3) is 10.9 Å². The molecular weight excluding hydrogens is 178 g/mol. The van der Waals surface area contributed by atoms with Gasteiger partial charge in [-0.25, -0.2) is 4.98 Å². The Balaban J connectivity index is 2.87. The molecule has 0 aliphatic rings. The van der Waals surface area contributed by atoms with Crippen molar-refractivity contribution >= 4 is 10.9 Å². The fourth-order valence-electron chi connectivity index (χ4n) is 1.49. The van der Waals surface area contributed by atoms with Gasteiger partial charge in [-0.1, -0.05) is 6.07 Å². The number of hydrogen-bond acceptors (Lipinski definition) is 3. The van der Waals surface area contributed by atoms with Crippen molar-refractivity contribution in [2.45, 2.75) is 6.92 Å². The highest BCUT2D eigenvalue weighted by Gasteiger charge is 2.06. The summed E-state index contributed by atoms with van der Waals surface area (Å²) in [6, 6.07) is 7.12. The zero-order valence-corrected chi connectivity index (χ0v) is 8.11. The number of pyridine rings is 1. The van der Waals surface area contributed by atoms with Crippen LogP contribution >= 0.6 is 0 Å². The molecule has 1 heterocycles. The monoisotopic (exact) mass is 189 g/mol. The normalized spacial score (nSPS) is 10.4. The van der Waals surface area contributed by atoms with E-state index in [-0.39, 0.29) is 5.75 Å². The van der Waals surface area contributed by atoms with Gasteiger partial charge >= 0.3 is 0 Å². The van der Waals surface area contributed by atoms with E-state index in [1.54, 1.807) is 19.2 Å². The van der Waals surface area contributed by atoms with E-state index in [1.165, 1.54) is 0 Å². The number of benzene rings is 1. The van der Waals surface area contributed by atoms with Gasteiger partial charge in [-0.2, -0.15) is 0 Å². The quantitative estimate of drug-likeness (QED) is 0.748. The van der Waals surface area contributed by atoms with Crippen LogP contribution < -0.4 is 4.74 Å². The second kappa shape index (κ2) is 3.18. The van der Waals surface area contributed by atoms with Gasteiger partial charge in [0.2, 0.25) is 0 Å². The first-order valence-corrected chi connectivity index (χ1v) is 4.35. The van der Waals surface area contributed by atoms with Crippen LogP contribution in [0.3, 0.4) is 0 Å². The average molecular weight is 189 g/mol.